The van der Waals surface area contributed by atoms with Crippen molar-refractivity contribution in [3.05, 3.63) is 70.8 Å². The number of rotatable bonds is 22. The van der Waals surface area contributed by atoms with Crippen molar-refractivity contribution in [3.8, 4) is 0 Å². The van der Waals surface area contributed by atoms with Gasteiger partial charge in [-0.05, 0) is 155 Å². The molecule has 0 unspecified atom stereocenters. The van der Waals surface area contributed by atoms with Gasteiger partial charge in [-0.3, -0.25) is 28.8 Å². The van der Waals surface area contributed by atoms with Gasteiger partial charge in [-0.2, -0.15) is 0 Å². The molecule has 7 rings (SSSR count). The molecular formula is C68H106N10O15. The summed E-state index contributed by atoms with van der Waals surface area (Å²) < 4.78 is 25.6. The topological polar surface area (TPSA) is 302 Å². The molecule has 0 bridgehead atoms. The number of fused-ring (bicyclic) bond motifs is 2. The molecule has 2 aliphatic carbocycles. The Morgan fingerprint density at radius 1 is 0.516 bits per heavy atom. The fourth-order valence-corrected chi connectivity index (χ4v) is 12.2. The summed E-state index contributed by atoms with van der Waals surface area (Å²) in [5, 5.41) is 17.1. The lowest BCUT2D eigenvalue weighted by Crippen LogP contribution is -2.65. The number of hydrogen-bond acceptors (Lipinski definition) is 17. The van der Waals surface area contributed by atoms with Gasteiger partial charge in [0.05, 0.1) is 14.2 Å². The Labute approximate surface area is 549 Å². The molecule has 2 aromatic rings. The minimum absolute atomic E-state index is 0.105. The first-order valence-electron chi connectivity index (χ1n) is 32.6. The zero-order chi connectivity index (χ0) is 69.2. The minimum Gasteiger partial charge on any atom is -0.467 e. The number of nitrogens with one attached hydrogen (secondary N) is 6. The van der Waals surface area contributed by atoms with Gasteiger partial charge in [-0.1, -0.05) is 76.2 Å². The lowest BCUT2D eigenvalue weighted by Gasteiger charge is -2.35. The number of benzene rings is 2. The van der Waals surface area contributed by atoms with E-state index >= 15 is 0 Å². The van der Waals surface area contributed by atoms with Gasteiger partial charge in [0.1, 0.15) is 58.5 Å². The van der Waals surface area contributed by atoms with Crippen LogP contribution in [0.2, 0.25) is 0 Å². The molecule has 8 amide bonds. The van der Waals surface area contributed by atoms with Crippen LogP contribution in [0.4, 0.5) is 9.59 Å². The molecule has 2 aromatic carbocycles. The van der Waals surface area contributed by atoms with Crippen LogP contribution in [0.5, 0.6) is 0 Å². The number of amides is 8. The molecule has 25 nitrogen and oxygen atoms in total. The van der Waals surface area contributed by atoms with E-state index in [1.54, 1.807) is 79.5 Å². The van der Waals surface area contributed by atoms with Crippen molar-refractivity contribution < 1.29 is 71.6 Å². The fraction of sp³-hybridized carbons (Fsp3) is 0.676. The number of alkyl carbamates (subject to hydrolysis) is 2. The van der Waals surface area contributed by atoms with Gasteiger partial charge >= 0.3 is 24.1 Å². The van der Waals surface area contributed by atoms with Gasteiger partial charge in [0.2, 0.25) is 35.4 Å². The zero-order valence-corrected chi connectivity index (χ0v) is 57.9. The van der Waals surface area contributed by atoms with E-state index < -0.39 is 118 Å². The van der Waals surface area contributed by atoms with Gasteiger partial charge in [0.15, 0.2) is 0 Å². The zero-order valence-electron chi connectivity index (χ0n) is 57.9. The second-order valence-electron chi connectivity index (χ2n) is 28.4. The smallest absolute Gasteiger partial charge is 0.408 e. The van der Waals surface area contributed by atoms with E-state index in [1.165, 1.54) is 36.9 Å². The number of nitrogens with zero attached hydrogens (tertiary/aromatic N) is 4. The molecule has 3 aliphatic heterocycles. The fourth-order valence-electron chi connectivity index (χ4n) is 12.2. The number of esters is 2. The Balaban J connectivity index is 0.000000313. The van der Waals surface area contributed by atoms with Crippen LogP contribution in [0.3, 0.4) is 0 Å². The number of carbonyl (C=O) groups excluding carboxylic acids is 10. The number of carbonyl (C=O) groups is 10. The van der Waals surface area contributed by atoms with E-state index in [0.717, 1.165) is 35.5 Å². The lowest BCUT2D eigenvalue weighted by molar-refractivity contribution is -0.147. The van der Waals surface area contributed by atoms with Crippen LogP contribution in [0.15, 0.2) is 48.5 Å². The third-order valence-electron chi connectivity index (χ3n) is 16.4. The second kappa shape index (κ2) is 34.2. The van der Waals surface area contributed by atoms with E-state index in [9.17, 15) is 47.9 Å². The molecule has 0 saturated carbocycles. The van der Waals surface area contributed by atoms with Crippen molar-refractivity contribution in [2.45, 2.75) is 205 Å². The number of methoxy groups -OCH3 is 2. The Bertz CT molecular complexity index is 2670. The quantitative estimate of drug-likeness (QED) is 0.0704. The van der Waals surface area contributed by atoms with E-state index in [1.807, 2.05) is 76.2 Å². The Hall–Kier alpha value is -7.38. The average molecular weight is 1300 g/mol. The SMILES string of the molecule is C1CCOC1.COC(=O)[C@H](CC(C)C)NC(=O)C1(NC(=O)[C@H]2CCCN2C(=O)[C@H](CN(C)C)NC(=O)OC(C)(C)C)Cc2ccccc2C1.COC(=O)[C@H](CC(C)C)NC(=O)C1(NC(=O)[C@H]2CCCN2C(=O)[C@H](CN(C)C)NC(=O)OC(C)(C)C)Cc2ccccc2C1. The Morgan fingerprint density at radius 3 is 1.10 bits per heavy atom. The van der Waals surface area contributed by atoms with E-state index in [4.69, 9.17) is 23.7 Å². The third kappa shape index (κ3) is 22.7. The average Bonchev–Trinajstić information content (AvgIpc) is 1.64. The maximum atomic E-state index is 14.0. The van der Waals surface area contributed by atoms with Gasteiger partial charge in [0, 0.05) is 65.1 Å². The predicted octanol–water partition coefficient (Wildman–Crippen LogP) is 4.38. The van der Waals surface area contributed by atoms with Crippen LogP contribution >= 0.6 is 0 Å². The Kier molecular flexibility index (Phi) is 28.0. The summed E-state index contributed by atoms with van der Waals surface area (Å²) in [6, 6.07) is 9.87. The summed E-state index contributed by atoms with van der Waals surface area (Å²) in [6.07, 6.45) is 4.78. The van der Waals surface area contributed by atoms with Crippen LogP contribution < -0.4 is 31.9 Å². The first kappa shape index (κ1) is 76.3. The summed E-state index contributed by atoms with van der Waals surface area (Å²) in [4.78, 5) is 140. The number of likely N-dealkylation sites (tertiary alicyclic amines) is 2. The highest BCUT2D eigenvalue weighted by Gasteiger charge is 2.51. The molecule has 0 radical (unpaired) electrons. The maximum absolute atomic E-state index is 14.0. The van der Waals surface area contributed by atoms with Crippen LogP contribution in [0, 0.1) is 11.8 Å². The van der Waals surface area contributed by atoms with E-state index in [0.29, 0.717) is 51.6 Å². The van der Waals surface area contributed by atoms with Crippen molar-refractivity contribution >= 4 is 59.6 Å². The molecule has 6 N–H and O–H groups in total. The normalized spacial score (nSPS) is 19.1. The molecule has 518 valence electrons. The number of likely N-dealkylation sites (N-methyl/N-ethyl adjacent to an activating group) is 2. The highest BCUT2D eigenvalue weighted by Crippen LogP contribution is 2.34. The maximum Gasteiger partial charge on any atom is 0.408 e. The number of hydrogen-bond donors (Lipinski definition) is 6. The summed E-state index contributed by atoms with van der Waals surface area (Å²) in [6.45, 7) is 21.2. The minimum atomic E-state index is -1.36. The van der Waals surface area contributed by atoms with Gasteiger partial charge in [0.25, 0.3) is 0 Å². The second-order valence-corrected chi connectivity index (χ2v) is 28.4. The summed E-state index contributed by atoms with van der Waals surface area (Å²) in [7, 11) is 9.69. The van der Waals surface area contributed by atoms with Crippen molar-refractivity contribution in [1.82, 2.24) is 51.5 Å². The monoisotopic (exact) mass is 1300 g/mol. The van der Waals surface area contributed by atoms with Crippen LogP contribution in [-0.4, -0.2) is 220 Å². The summed E-state index contributed by atoms with van der Waals surface area (Å²) in [5.74, 6) is -3.59. The molecule has 5 aliphatic rings. The molecule has 3 heterocycles. The first-order chi connectivity index (χ1) is 43.6. The van der Waals surface area contributed by atoms with Crippen LogP contribution in [0.25, 0.3) is 0 Å². The molecule has 3 saturated heterocycles. The molecular weight excluding hydrogens is 1200 g/mol. The van der Waals surface area contributed by atoms with Gasteiger partial charge < -0.3 is 75.2 Å². The van der Waals surface area contributed by atoms with E-state index in [-0.39, 0.29) is 50.6 Å². The molecule has 3 fully saturated rings. The highest BCUT2D eigenvalue weighted by atomic mass is 16.6. The van der Waals surface area contributed by atoms with Crippen molar-refractivity contribution in [2.75, 3.05) is 81.8 Å². The standard InChI is InChI=1S/2C32H49N5O7.C4H8O/c2*1-20(2)16-23(28(40)43-8)33-29(41)32(17-21-12-9-10-13-22(21)18-32)35-26(38)25-14-11-15-37(25)27(39)24(19-36(6)7)34-30(42)44-31(3,4)5;1-2-4-5-3-1/h2*9-10,12-13,20,23-25H,11,14-19H2,1-8H3,(H,33,41)(H,34,42)(H,35,38);1-4H2/t2*23-,24-,25+;/m00./s1. The summed E-state index contributed by atoms with van der Waals surface area (Å²) in [5.41, 5.74) is -0.523. The predicted molar refractivity (Wildman–Crippen MR) is 349 cm³/mol. The molecule has 0 aromatic heterocycles. The third-order valence-corrected chi connectivity index (χ3v) is 16.4. The van der Waals surface area contributed by atoms with Crippen LogP contribution in [0.1, 0.15) is 143 Å². The van der Waals surface area contributed by atoms with Crippen molar-refractivity contribution in [2.24, 2.45) is 11.8 Å². The van der Waals surface area contributed by atoms with Gasteiger partial charge in [-0.25, -0.2) is 19.2 Å². The molecule has 0 spiro atoms. The summed E-state index contributed by atoms with van der Waals surface area (Å²) >= 11 is 0. The first-order valence-corrected chi connectivity index (χ1v) is 32.6. The van der Waals surface area contributed by atoms with Gasteiger partial charge in [-0.15, -0.1) is 0 Å². The largest absolute Gasteiger partial charge is 0.467 e. The molecule has 93 heavy (non-hydrogen) atoms. The highest BCUT2D eigenvalue weighted by molar-refractivity contribution is 6.00. The lowest BCUT2D eigenvalue weighted by atomic mass is 9.92. The molecule has 25 heteroatoms. The van der Waals surface area contributed by atoms with Crippen molar-refractivity contribution in [3.63, 3.8) is 0 Å². The van der Waals surface area contributed by atoms with E-state index in [2.05, 4.69) is 31.9 Å². The van der Waals surface area contributed by atoms with Crippen LogP contribution in [-0.2, 0) is 87.7 Å². The number of ether oxygens (including phenoxy) is 5. The van der Waals surface area contributed by atoms with Crippen molar-refractivity contribution in [1.29, 1.82) is 0 Å². The Morgan fingerprint density at radius 2 is 0.839 bits per heavy atom. The molecule has 6 atom stereocenters.